The molecule has 2 saturated heterocycles. The van der Waals surface area contributed by atoms with E-state index in [4.69, 9.17) is 23.2 Å². The Labute approximate surface area is 129 Å². The number of rotatable bonds is 3. The highest BCUT2D eigenvalue weighted by atomic mass is 35.5. The van der Waals surface area contributed by atoms with Crippen molar-refractivity contribution in [1.29, 1.82) is 0 Å². The molecule has 1 aromatic carbocycles. The lowest BCUT2D eigenvalue weighted by Gasteiger charge is -2.26. The van der Waals surface area contributed by atoms with Gasteiger partial charge in [-0.15, -0.1) is 0 Å². The first-order chi connectivity index (χ1) is 9.58. The Morgan fingerprint density at radius 2 is 2.10 bits per heavy atom. The van der Waals surface area contributed by atoms with Crippen molar-refractivity contribution in [1.82, 2.24) is 10.2 Å². The average molecular weight is 317 g/mol. The van der Waals surface area contributed by atoms with Crippen molar-refractivity contribution in [3.63, 3.8) is 0 Å². The fourth-order valence-corrected chi connectivity index (χ4v) is 4.32. The molecule has 0 spiro atoms. The summed E-state index contributed by atoms with van der Waals surface area (Å²) in [4.78, 5) is 2.54. The van der Waals surface area contributed by atoms with Gasteiger partial charge in [-0.1, -0.05) is 23.2 Å². The number of nitrogens with zero attached hydrogens (tertiary/aromatic N) is 1. The van der Waals surface area contributed by atoms with Crippen molar-refractivity contribution in [2.75, 3.05) is 13.1 Å². The minimum Gasteiger partial charge on any atom is -0.306 e. The van der Waals surface area contributed by atoms with Gasteiger partial charge in [0.05, 0.1) is 5.02 Å². The largest absolute Gasteiger partial charge is 0.306 e. The fourth-order valence-electron chi connectivity index (χ4n) is 3.62. The highest BCUT2D eigenvalue weighted by Crippen LogP contribution is 2.35. The molecule has 20 heavy (non-hydrogen) atoms. The van der Waals surface area contributed by atoms with Gasteiger partial charge >= 0.3 is 0 Å². The third kappa shape index (κ3) is 2.57. The van der Waals surface area contributed by atoms with Gasteiger partial charge in [-0.05, 0) is 44.9 Å². The number of benzene rings is 1. The summed E-state index contributed by atoms with van der Waals surface area (Å²) in [6.07, 6.45) is 3.66. The number of halogens is 3. The minimum atomic E-state index is -0.409. The van der Waals surface area contributed by atoms with E-state index >= 15 is 0 Å². The van der Waals surface area contributed by atoms with E-state index in [2.05, 4.69) is 10.2 Å². The monoisotopic (exact) mass is 316 g/mol. The van der Waals surface area contributed by atoms with Gasteiger partial charge in [0.2, 0.25) is 0 Å². The zero-order chi connectivity index (χ0) is 14.3. The van der Waals surface area contributed by atoms with Crippen molar-refractivity contribution in [2.24, 2.45) is 0 Å². The average Bonchev–Trinajstić information content (AvgIpc) is 2.99. The third-order valence-electron chi connectivity index (χ3n) is 4.58. The Balaban J connectivity index is 1.77. The number of hydrogen-bond donors (Lipinski definition) is 1. The topological polar surface area (TPSA) is 15.3 Å². The summed E-state index contributed by atoms with van der Waals surface area (Å²) in [5.74, 6) is -0.409. The first kappa shape index (κ1) is 14.6. The van der Waals surface area contributed by atoms with E-state index in [-0.39, 0.29) is 11.1 Å². The Bertz CT molecular complexity index is 509. The van der Waals surface area contributed by atoms with Gasteiger partial charge in [-0.3, -0.25) is 4.90 Å². The number of nitrogens with one attached hydrogen (secondary N) is 1. The summed E-state index contributed by atoms with van der Waals surface area (Å²) in [6.45, 7) is 4.36. The molecule has 2 aliphatic heterocycles. The third-order valence-corrected chi connectivity index (χ3v) is 5.30. The summed E-state index contributed by atoms with van der Waals surface area (Å²) in [5, 5.41) is 4.26. The van der Waals surface area contributed by atoms with Crippen molar-refractivity contribution < 1.29 is 4.39 Å². The molecule has 1 N–H and O–H groups in total. The SMILES string of the molecule is CC(NC1CCN2CCCC12)c1c(Cl)ccc(F)c1Cl. The zero-order valence-corrected chi connectivity index (χ0v) is 13.0. The molecule has 0 aliphatic carbocycles. The van der Waals surface area contributed by atoms with Crippen molar-refractivity contribution in [3.05, 3.63) is 33.6 Å². The van der Waals surface area contributed by atoms with E-state index in [0.717, 1.165) is 13.0 Å². The second kappa shape index (κ2) is 5.80. The standard InChI is InChI=1S/C15H19Cl2FN2/c1-9(14-10(16)4-5-11(18)15(14)17)19-12-6-8-20-7-2-3-13(12)20/h4-5,9,12-13,19H,2-3,6-8H2,1H3. The van der Waals surface area contributed by atoms with Crippen LogP contribution < -0.4 is 5.32 Å². The van der Waals surface area contributed by atoms with E-state index in [0.29, 0.717) is 22.7 Å². The van der Waals surface area contributed by atoms with Crippen LogP contribution in [0.2, 0.25) is 10.0 Å². The maximum absolute atomic E-state index is 13.6. The summed E-state index contributed by atoms with van der Waals surface area (Å²) in [7, 11) is 0. The van der Waals surface area contributed by atoms with E-state index in [1.807, 2.05) is 6.92 Å². The fraction of sp³-hybridized carbons (Fsp3) is 0.600. The van der Waals surface area contributed by atoms with Gasteiger partial charge in [-0.25, -0.2) is 4.39 Å². The van der Waals surface area contributed by atoms with E-state index < -0.39 is 5.82 Å². The van der Waals surface area contributed by atoms with E-state index in [1.165, 1.54) is 25.5 Å². The van der Waals surface area contributed by atoms with Gasteiger partial charge in [0.15, 0.2) is 0 Å². The molecule has 3 atom stereocenters. The molecule has 3 unspecified atom stereocenters. The second-order valence-corrected chi connectivity index (χ2v) is 6.57. The molecule has 5 heteroatoms. The van der Waals surface area contributed by atoms with Crippen molar-refractivity contribution >= 4 is 23.2 Å². The molecule has 0 aromatic heterocycles. The smallest absolute Gasteiger partial charge is 0.142 e. The van der Waals surface area contributed by atoms with E-state index in [1.54, 1.807) is 6.07 Å². The van der Waals surface area contributed by atoms with Crippen LogP contribution in [0.1, 0.15) is 37.8 Å². The van der Waals surface area contributed by atoms with Crippen LogP contribution in [0.4, 0.5) is 4.39 Å². The van der Waals surface area contributed by atoms with Crippen molar-refractivity contribution in [2.45, 2.75) is 44.3 Å². The predicted octanol–water partition coefficient (Wildman–Crippen LogP) is 4.02. The molecule has 2 nitrogen and oxygen atoms in total. The predicted molar refractivity (Wildman–Crippen MR) is 81.0 cm³/mol. The van der Waals surface area contributed by atoms with Gasteiger partial charge in [0, 0.05) is 35.3 Å². The minimum absolute atomic E-state index is 0.0451. The molecule has 110 valence electrons. The quantitative estimate of drug-likeness (QED) is 0.847. The highest BCUT2D eigenvalue weighted by molar-refractivity contribution is 6.36. The molecule has 2 fully saturated rings. The van der Waals surface area contributed by atoms with Crippen LogP contribution in [-0.4, -0.2) is 30.1 Å². The molecule has 0 radical (unpaired) electrons. The highest BCUT2D eigenvalue weighted by Gasteiger charge is 2.37. The Morgan fingerprint density at radius 3 is 2.90 bits per heavy atom. The summed E-state index contributed by atoms with van der Waals surface area (Å²) < 4.78 is 13.6. The first-order valence-corrected chi connectivity index (χ1v) is 7.97. The molecular weight excluding hydrogens is 298 g/mol. The molecule has 0 bridgehead atoms. The van der Waals surface area contributed by atoms with Gasteiger partial charge < -0.3 is 5.32 Å². The molecule has 2 heterocycles. The first-order valence-electron chi connectivity index (χ1n) is 7.21. The van der Waals surface area contributed by atoms with Crippen molar-refractivity contribution in [3.8, 4) is 0 Å². The van der Waals surface area contributed by atoms with Crippen LogP contribution in [0.5, 0.6) is 0 Å². The van der Waals surface area contributed by atoms with Crippen LogP contribution >= 0.6 is 23.2 Å². The lowest BCUT2D eigenvalue weighted by molar-refractivity contribution is 0.291. The Kier molecular flexibility index (Phi) is 4.23. The molecule has 3 rings (SSSR count). The maximum Gasteiger partial charge on any atom is 0.142 e. The summed E-state index contributed by atoms with van der Waals surface area (Å²) >= 11 is 12.3. The molecule has 1 aromatic rings. The lowest BCUT2D eigenvalue weighted by atomic mass is 10.0. The summed E-state index contributed by atoms with van der Waals surface area (Å²) in [5.41, 5.74) is 0.671. The van der Waals surface area contributed by atoms with Crippen LogP contribution in [-0.2, 0) is 0 Å². The molecular formula is C15H19Cl2FN2. The summed E-state index contributed by atoms with van der Waals surface area (Å²) in [6, 6.07) is 3.91. The van der Waals surface area contributed by atoms with Crippen LogP contribution in [0, 0.1) is 5.82 Å². The van der Waals surface area contributed by atoms with Gasteiger partial charge in [-0.2, -0.15) is 0 Å². The van der Waals surface area contributed by atoms with E-state index in [9.17, 15) is 4.39 Å². The van der Waals surface area contributed by atoms with Crippen LogP contribution in [0.25, 0.3) is 0 Å². The normalized spacial score (nSPS) is 27.8. The molecule has 0 amide bonds. The Hall–Kier alpha value is -0.350. The molecule has 2 aliphatic rings. The van der Waals surface area contributed by atoms with Gasteiger partial charge in [0.25, 0.3) is 0 Å². The van der Waals surface area contributed by atoms with Crippen LogP contribution in [0.15, 0.2) is 12.1 Å². The number of fused-ring (bicyclic) bond motifs is 1. The Morgan fingerprint density at radius 1 is 1.30 bits per heavy atom. The lowest BCUT2D eigenvalue weighted by Crippen LogP contribution is -2.40. The maximum atomic E-state index is 13.6. The van der Waals surface area contributed by atoms with Crippen LogP contribution in [0.3, 0.4) is 0 Å². The zero-order valence-electron chi connectivity index (χ0n) is 11.5. The second-order valence-electron chi connectivity index (χ2n) is 5.79. The molecule has 0 saturated carbocycles. The van der Waals surface area contributed by atoms with Gasteiger partial charge in [0.1, 0.15) is 5.82 Å². The number of hydrogen-bond acceptors (Lipinski definition) is 2.